The van der Waals surface area contributed by atoms with Crippen LogP contribution in [0, 0.1) is 0 Å². The third kappa shape index (κ3) is 1.26. The van der Waals surface area contributed by atoms with E-state index in [4.69, 9.17) is 0 Å². The normalized spacial score (nSPS) is 13.0. The first-order chi connectivity index (χ1) is 4.72. The van der Waals surface area contributed by atoms with Gasteiger partial charge in [-0.2, -0.15) is 0 Å². The summed E-state index contributed by atoms with van der Waals surface area (Å²) < 4.78 is 0. The molecule has 0 saturated carbocycles. The fourth-order valence-corrected chi connectivity index (χ4v) is 0.833. The largest absolute Gasteiger partial charge is 0.364 e. The zero-order chi connectivity index (χ0) is 7.56. The number of ketones is 1. The van der Waals surface area contributed by atoms with Crippen LogP contribution in [0.2, 0.25) is 0 Å². The van der Waals surface area contributed by atoms with Gasteiger partial charge in [-0.15, -0.1) is 0 Å². The van der Waals surface area contributed by atoms with Crippen LogP contribution < -0.4 is 0 Å². The molecule has 1 unspecified atom stereocenters. The van der Waals surface area contributed by atoms with E-state index in [2.05, 4.69) is 4.98 Å². The van der Waals surface area contributed by atoms with Gasteiger partial charge in [0, 0.05) is 11.9 Å². The summed E-state index contributed by atoms with van der Waals surface area (Å²) in [5.74, 6) is 0.206. The number of Topliss-reactive ketones (excluding diaryl/α,β-unsaturated/α-hetero) is 1. The molecule has 0 spiro atoms. The van der Waals surface area contributed by atoms with Crippen LogP contribution in [0.25, 0.3) is 0 Å². The highest BCUT2D eigenvalue weighted by Crippen LogP contribution is 2.12. The molecule has 0 radical (unpaired) electrons. The molecule has 0 saturated heterocycles. The highest BCUT2D eigenvalue weighted by Gasteiger charge is 2.09. The van der Waals surface area contributed by atoms with Crippen molar-refractivity contribution in [1.82, 2.24) is 4.98 Å². The van der Waals surface area contributed by atoms with Crippen molar-refractivity contribution in [2.24, 2.45) is 0 Å². The van der Waals surface area contributed by atoms with Crippen LogP contribution in [0.5, 0.6) is 0 Å². The van der Waals surface area contributed by atoms with Crippen molar-refractivity contribution >= 4 is 5.78 Å². The fraction of sp³-hybridized carbons (Fsp3) is 0.375. The second kappa shape index (κ2) is 2.69. The number of carbonyl (C=O) groups is 1. The monoisotopic (exact) mass is 137 g/mol. The molecule has 1 atom stereocenters. The van der Waals surface area contributed by atoms with E-state index in [1.54, 1.807) is 6.92 Å². The van der Waals surface area contributed by atoms with Crippen LogP contribution in [0.4, 0.5) is 0 Å². The van der Waals surface area contributed by atoms with Crippen molar-refractivity contribution in [2.75, 3.05) is 0 Å². The van der Waals surface area contributed by atoms with Crippen molar-refractivity contribution in [1.29, 1.82) is 0 Å². The summed E-state index contributed by atoms with van der Waals surface area (Å²) in [5.41, 5.74) is 0.993. The summed E-state index contributed by atoms with van der Waals surface area (Å²) in [5, 5.41) is 0. The van der Waals surface area contributed by atoms with Crippen LogP contribution >= 0.6 is 0 Å². The zero-order valence-corrected chi connectivity index (χ0v) is 6.22. The van der Waals surface area contributed by atoms with Gasteiger partial charge in [0.1, 0.15) is 5.78 Å². The molecule has 54 valence electrons. The Hall–Kier alpha value is -1.05. The van der Waals surface area contributed by atoms with Gasteiger partial charge in [0.2, 0.25) is 0 Å². The lowest BCUT2D eigenvalue weighted by Crippen LogP contribution is -2.03. The average Bonchev–Trinajstić information content (AvgIpc) is 2.36. The zero-order valence-electron chi connectivity index (χ0n) is 6.22. The van der Waals surface area contributed by atoms with Crippen molar-refractivity contribution in [3.05, 3.63) is 24.0 Å². The van der Waals surface area contributed by atoms with Gasteiger partial charge in [0.15, 0.2) is 0 Å². The number of hydrogen-bond donors (Lipinski definition) is 1. The molecule has 0 aliphatic carbocycles. The van der Waals surface area contributed by atoms with E-state index in [-0.39, 0.29) is 11.7 Å². The smallest absolute Gasteiger partial charge is 0.138 e. The SMILES string of the molecule is CC(=O)C(C)c1ccc[nH]1. The maximum atomic E-state index is 10.8. The molecule has 1 N–H and O–H groups in total. The molecule has 1 aromatic heterocycles. The van der Waals surface area contributed by atoms with E-state index < -0.39 is 0 Å². The van der Waals surface area contributed by atoms with Gasteiger partial charge in [0.25, 0.3) is 0 Å². The van der Waals surface area contributed by atoms with Gasteiger partial charge in [-0.05, 0) is 26.0 Å². The molecule has 2 heteroatoms. The molecule has 1 heterocycles. The molecule has 1 aromatic rings. The summed E-state index contributed by atoms with van der Waals surface area (Å²) in [6.07, 6.45) is 1.83. The molecule has 0 aliphatic rings. The average molecular weight is 137 g/mol. The van der Waals surface area contributed by atoms with E-state index in [0.29, 0.717) is 0 Å². The van der Waals surface area contributed by atoms with E-state index in [1.807, 2.05) is 25.3 Å². The van der Waals surface area contributed by atoms with Crippen LogP contribution in [0.3, 0.4) is 0 Å². The topological polar surface area (TPSA) is 32.9 Å². The Morgan fingerprint density at radius 2 is 2.40 bits per heavy atom. The number of nitrogens with one attached hydrogen (secondary N) is 1. The van der Waals surface area contributed by atoms with Gasteiger partial charge >= 0.3 is 0 Å². The van der Waals surface area contributed by atoms with Crippen molar-refractivity contribution < 1.29 is 4.79 Å². The van der Waals surface area contributed by atoms with Crippen molar-refractivity contribution in [2.45, 2.75) is 19.8 Å². The second-order valence-corrected chi connectivity index (χ2v) is 2.46. The molecule has 0 aromatic carbocycles. The Kier molecular flexibility index (Phi) is 1.90. The minimum Gasteiger partial charge on any atom is -0.364 e. The Balaban J connectivity index is 2.77. The van der Waals surface area contributed by atoms with Gasteiger partial charge in [-0.25, -0.2) is 0 Å². The Bertz CT molecular complexity index is 213. The minimum absolute atomic E-state index is 0.00926. The summed E-state index contributed by atoms with van der Waals surface area (Å²) in [6.45, 7) is 3.50. The lowest BCUT2D eigenvalue weighted by atomic mass is 10.0. The van der Waals surface area contributed by atoms with Crippen LogP contribution in [0.15, 0.2) is 18.3 Å². The maximum Gasteiger partial charge on any atom is 0.138 e. The number of carbonyl (C=O) groups excluding carboxylic acids is 1. The molecule has 0 fully saturated rings. The molecule has 1 rings (SSSR count). The third-order valence-corrected chi connectivity index (χ3v) is 1.70. The summed E-state index contributed by atoms with van der Waals surface area (Å²) >= 11 is 0. The maximum absolute atomic E-state index is 10.8. The van der Waals surface area contributed by atoms with Gasteiger partial charge in [-0.1, -0.05) is 0 Å². The number of hydrogen-bond acceptors (Lipinski definition) is 1. The van der Waals surface area contributed by atoms with E-state index in [0.717, 1.165) is 5.69 Å². The van der Waals surface area contributed by atoms with Crippen molar-refractivity contribution in [3.63, 3.8) is 0 Å². The van der Waals surface area contributed by atoms with E-state index in [1.165, 1.54) is 0 Å². The molecule has 0 bridgehead atoms. The molecule has 10 heavy (non-hydrogen) atoms. The number of aromatic amines is 1. The predicted molar refractivity (Wildman–Crippen MR) is 39.9 cm³/mol. The first-order valence-electron chi connectivity index (χ1n) is 3.35. The van der Waals surface area contributed by atoms with E-state index >= 15 is 0 Å². The summed E-state index contributed by atoms with van der Waals surface area (Å²) in [7, 11) is 0. The van der Waals surface area contributed by atoms with Crippen molar-refractivity contribution in [3.8, 4) is 0 Å². The lowest BCUT2D eigenvalue weighted by Gasteiger charge is -2.02. The van der Waals surface area contributed by atoms with Crippen LogP contribution in [-0.4, -0.2) is 10.8 Å². The first kappa shape index (κ1) is 7.06. The second-order valence-electron chi connectivity index (χ2n) is 2.46. The van der Waals surface area contributed by atoms with E-state index in [9.17, 15) is 4.79 Å². The molecule has 0 amide bonds. The highest BCUT2D eigenvalue weighted by atomic mass is 16.1. The minimum atomic E-state index is 0.00926. The third-order valence-electron chi connectivity index (χ3n) is 1.70. The lowest BCUT2D eigenvalue weighted by molar-refractivity contribution is -0.118. The number of aromatic nitrogens is 1. The molecule has 0 aliphatic heterocycles. The predicted octanol–water partition coefficient (Wildman–Crippen LogP) is 1.71. The standard InChI is InChI=1S/C8H11NO/c1-6(7(2)10)8-4-3-5-9-8/h3-6,9H,1-2H3. The van der Waals surface area contributed by atoms with Gasteiger partial charge in [-0.3, -0.25) is 4.79 Å². The number of H-pyrrole nitrogens is 1. The highest BCUT2D eigenvalue weighted by molar-refractivity contribution is 5.82. The van der Waals surface area contributed by atoms with Gasteiger partial charge < -0.3 is 4.98 Å². The van der Waals surface area contributed by atoms with Crippen LogP contribution in [-0.2, 0) is 4.79 Å². The molecular formula is C8H11NO. The van der Waals surface area contributed by atoms with Crippen LogP contribution in [0.1, 0.15) is 25.5 Å². The fourth-order valence-electron chi connectivity index (χ4n) is 0.833. The number of rotatable bonds is 2. The molecule has 2 nitrogen and oxygen atoms in total. The first-order valence-corrected chi connectivity index (χ1v) is 3.35. The Labute approximate surface area is 60.3 Å². The van der Waals surface area contributed by atoms with Gasteiger partial charge in [0.05, 0.1) is 5.92 Å². The Morgan fingerprint density at radius 3 is 2.80 bits per heavy atom. The molecular weight excluding hydrogens is 126 g/mol. The quantitative estimate of drug-likeness (QED) is 0.661. The summed E-state index contributed by atoms with van der Waals surface area (Å²) in [4.78, 5) is 13.8. The summed E-state index contributed by atoms with van der Waals surface area (Å²) in [6, 6.07) is 3.82. The Morgan fingerprint density at radius 1 is 1.70 bits per heavy atom.